The molecule has 2 unspecified atom stereocenters. The van der Waals surface area contributed by atoms with E-state index in [1.165, 1.54) is 72.7 Å². The third kappa shape index (κ3) is 8.00. The van der Waals surface area contributed by atoms with Gasteiger partial charge in [-0.3, -0.25) is 0 Å². The Morgan fingerprint density at radius 2 is 0.954 bits per heavy atom. The van der Waals surface area contributed by atoms with Gasteiger partial charge >= 0.3 is 0 Å². The Bertz CT molecular complexity index is 3190. The van der Waals surface area contributed by atoms with Crippen molar-refractivity contribution in [2.75, 3.05) is 4.90 Å². The summed E-state index contributed by atoms with van der Waals surface area (Å²) in [6.45, 7) is 4.68. The van der Waals surface area contributed by atoms with Gasteiger partial charge in [0.2, 0.25) is 0 Å². The maximum absolute atomic E-state index is 6.24. The highest BCUT2D eigenvalue weighted by atomic mass is 16.5. The minimum Gasteiger partial charge on any atom is -0.457 e. The third-order valence-electron chi connectivity index (χ3n) is 13.6. The van der Waals surface area contributed by atoms with Gasteiger partial charge in [-0.15, -0.1) is 0 Å². The van der Waals surface area contributed by atoms with Crippen molar-refractivity contribution < 1.29 is 4.74 Å². The van der Waals surface area contributed by atoms with E-state index in [1.807, 2.05) is 0 Å². The largest absolute Gasteiger partial charge is 0.457 e. The molecule has 1 aliphatic rings. The number of para-hydroxylation sites is 3. The number of ether oxygens (including phenoxy) is 1. The molecule has 3 nitrogen and oxygen atoms in total. The molecule has 0 radical (unpaired) electrons. The molecular formula is C62H52N2O. The van der Waals surface area contributed by atoms with Crippen molar-refractivity contribution in [1.29, 1.82) is 0 Å². The Morgan fingerprint density at radius 1 is 0.462 bits per heavy atom. The van der Waals surface area contributed by atoms with Gasteiger partial charge in [-0.1, -0.05) is 135 Å². The highest BCUT2D eigenvalue weighted by Gasteiger charge is 2.19. The van der Waals surface area contributed by atoms with Crippen LogP contribution < -0.4 is 9.64 Å². The van der Waals surface area contributed by atoms with Gasteiger partial charge in [-0.25, -0.2) is 0 Å². The molecule has 0 saturated carbocycles. The summed E-state index contributed by atoms with van der Waals surface area (Å²) in [6, 6.07) is 79.4. The highest BCUT2D eigenvalue weighted by molar-refractivity contribution is 6.11. The summed E-state index contributed by atoms with van der Waals surface area (Å²) in [7, 11) is 0. The molecule has 316 valence electrons. The first kappa shape index (κ1) is 40.2. The zero-order valence-corrected chi connectivity index (χ0v) is 37.1. The molecule has 0 amide bonds. The van der Waals surface area contributed by atoms with Crippen LogP contribution in [0.5, 0.6) is 11.5 Å². The molecule has 1 aromatic heterocycles. The predicted octanol–water partition coefficient (Wildman–Crippen LogP) is 17.2. The van der Waals surface area contributed by atoms with Crippen molar-refractivity contribution in [2.45, 2.75) is 51.4 Å². The van der Waals surface area contributed by atoms with E-state index in [4.69, 9.17) is 4.74 Å². The van der Waals surface area contributed by atoms with E-state index in [0.717, 1.165) is 53.5 Å². The quantitative estimate of drug-likeness (QED) is 0.115. The Morgan fingerprint density at radius 3 is 1.49 bits per heavy atom. The molecule has 0 aliphatic heterocycles. The molecule has 3 heteroatoms. The van der Waals surface area contributed by atoms with Gasteiger partial charge in [0.25, 0.3) is 0 Å². The summed E-state index contributed by atoms with van der Waals surface area (Å²) in [6.07, 6.45) is 4.54. The molecule has 0 saturated heterocycles. The summed E-state index contributed by atoms with van der Waals surface area (Å²) in [4.78, 5) is 2.31. The van der Waals surface area contributed by atoms with Crippen molar-refractivity contribution in [1.82, 2.24) is 4.57 Å². The monoisotopic (exact) mass is 840 g/mol. The number of fused-ring (bicyclic) bond motifs is 4. The van der Waals surface area contributed by atoms with Crippen LogP contribution >= 0.6 is 0 Å². The second-order valence-electron chi connectivity index (χ2n) is 17.7. The first-order valence-electron chi connectivity index (χ1n) is 23.2. The van der Waals surface area contributed by atoms with E-state index in [9.17, 15) is 0 Å². The molecule has 9 aromatic carbocycles. The number of hydrogen-bond acceptors (Lipinski definition) is 2. The number of aryl methyl sites for hydroxylation is 2. The van der Waals surface area contributed by atoms with Gasteiger partial charge in [0.05, 0.1) is 11.0 Å². The van der Waals surface area contributed by atoms with Gasteiger partial charge < -0.3 is 14.2 Å². The Labute approximate surface area is 382 Å². The van der Waals surface area contributed by atoms with Gasteiger partial charge in [0.15, 0.2) is 0 Å². The van der Waals surface area contributed by atoms with Crippen LogP contribution in [0.3, 0.4) is 0 Å². The first-order chi connectivity index (χ1) is 32.1. The molecule has 10 aromatic rings. The van der Waals surface area contributed by atoms with E-state index < -0.39 is 0 Å². The third-order valence-corrected chi connectivity index (χ3v) is 13.6. The fourth-order valence-electron chi connectivity index (χ4n) is 9.93. The van der Waals surface area contributed by atoms with Crippen LogP contribution in [0.25, 0.3) is 49.7 Å². The van der Waals surface area contributed by atoms with Crippen LogP contribution in [0.2, 0.25) is 0 Å². The van der Waals surface area contributed by atoms with Gasteiger partial charge in [0.1, 0.15) is 11.5 Å². The highest BCUT2D eigenvalue weighted by Crippen LogP contribution is 2.40. The minimum atomic E-state index is 0.422. The van der Waals surface area contributed by atoms with E-state index in [1.54, 1.807) is 0 Å². The standard InChI is InChI=1S/C62H52N2O/c1-3-44(46-27-34-57(35-28-46)65-58-36-29-48-23-24-50(48)40-58)39-43(2)45-19-21-47(22-20-45)51-30-37-61-59(41-51)60-42-52(31-38-62(60)64(61)55-17-11-6-12-18-55)49-25-32-56(33-26-49)63(53-13-7-4-8-14-53)54-15-9-5-10-16-54/h4-22,25-38,40-44H,3,23-24,39H2,1-2H3. The lowest BCUT2D eigenvalue weighted by Crippen LogP contribution is -2.09. The van der Waals surface area contributed by atoms with Crippen molar-refractivity contribution in [2.24, 2.45) is 0 Å². The van der Waals surface area contributed by atoms with Crippen molar-refractivity contribution in [3.05, 3.63) is 241 Å². The molecular weight excluding hydrogens is 789 g/mol. The summed E-state index contributed by atoms with van der Waals surface area (Å²) < 4.78 is 8.64. The number of nitrogens with zero attached hydrogens (tertiary/aromatic N) is 2. The Hall–Kier alpha value is -7.62. The maximum Gasteiger partial charge on any atom is 0.127 e. The smallest absolute Gasteiger partial charge is 0.127 e. The van der Waals surface area contributed by atoms with Crippen LogP contribution in [-0.2, 0) is 12.8 Å². The fraction of sp³-hybridized carbons (Fsp3) is 0.129. The zero-order chi connectivity index (χ0) is 43.7. The van der Waals surface area contributed by atoms with E-state index >= 15 is 0 Å². The second kappa shape index (κ2) is 17.5. The average molecular weight is 841 g/mol. The van der Waals surface area contributed by atoms with Crippen LogP contribution in [-0.4, -0.2) is 4.57 Å². The van der Waals surface area contributed by atoms with Crippen LogP contribution in [0.15, 0.2) is 218 Å². The topological polar surface area (TPSA) is 17.4 Å². The van der Waals surface area contributed by atoms with Crippen LogP contribution in [0, 0.1) is 0 Å². The second-order valence-corrected chi connectivity index (χ2v) is 17.7. The molecule has 2 atom stereocenters. The molecule has 0 fully saturated rings. The molecule has 65 heavy (non-hydrogen) atoms. The van der Waals surface area contributed by atoms with E-state index in [0.29, 0.717) is 11.8 Å². The summed E-state index contributed by atoms with van der Waals surface area (Å²) >= 11 is 0. The zero-order valence-electron chi connectivity index (χ0n) is 37.1. The molecule has 0 bridgehead atoms. The summed E-state index contributed by atoms with van der Waals surface area (Å²) in [5.41, 5.74) is 17.4. The molecule has 11 rings (SSSR count). The maximum atomic E-state index is 6.24. The van der Waals surface area contributed by atoms with E-state index in [-0.39, 0.29) is 0 Å². The van der Waals surface area contributed by atoms with Crippen LogP contribution in [0.1, 0.15) is 60.8 Å². The fourth-order valence-corrected chi connectivity index (χ4v) is 9.93. The number of rotatable bonds is 13. The summed E-state index contributed by atoms with van der Waals surface area (Å²) in [5, 5.41) is 2.49. The van der Waals surface area contributed by atoms with Gasteiger partial charge in [-0.2, -0.15) is 0 Å². The molecule has 1 aliphatic carbocycles. The minimum absolute atomic E-state index is 0.422. The average Bonchev–Trinajstić information content (AvgIpc) is 3.68. The van der Waals surface area contributed by atoms with Crippen molar-refractivity contribution in [3.63, 3.8) is 0 Å². The number of hydrogen-bond donors (Lipinski definition) is 0. The number of anilines is 3. The SMILES string of the molecule is CCC(CC(C)c1ccc(-c2ccc3c(c2)c2cc(-c4ccc(N(c5ccccc5)c5ccccc5)cc4)ccc2n3-c2ccccc2)cc1)c1ccc(Oc2ccc3c(c2)CC3)cc1. The Balaban J connectivity index is 0.863. The lowest BCUT2D eigenvalue weighted by Gasteiger charge is -2.25. The molecule has 0 spiro atoms. The predicted molar refractivity (Wildman–Crippen MR) is 273 cm³/mol. The number of benzene rings is 9. The normalized spacial score (nSPS) is 13.0. The van der Waals surface area contributed by atoms with Crippen molar-refractivity contribution >= 4 is 38.9 Å². The van der Waals surface area contributed by atoms with Gasteiger partial charge in [-0.05, 0) is 179 Å². The van der Waals surface area contributed by atoms with Gasteiger partial charge in [0, 0.05) is 33.5 Å². The summed E-state index contributed by atoms with van der Waals surface area (Å²) in [5.74, 6) is 2.73. The van der Waals surface area contributed by atoms with E-state index in [2.05, 4.69) is 242 Å². The lowest BCUT2D eigenvalue weighted by molar-refractivity contribution is 0.479. The lowest BCUT2D eigenvalue weighted by atomic mass is 9.84. The Kier molecular flexibility index (Phi) is 10.8. The van der Waals surface area contributed by atoms with Crippen LogP contribution in [0.4, 0.5) is 17.1 Å². The first-order valence-corrected chi connectivity index (χ1v) is 23.2. The molecule has 1 heterocycles. The number of aromatic nitrogens is 1. The molecule has 0 N–H and O–H groups in total. The van der Waals surface area contributed by atoms with Crippen molar-refractivity contribution in [3.8, 4) is 39.4 Å².